The van der Waals surface area contributed by atoms with Crippen LogP contribution in [0.3, 0.4) is 0 Å². The Bertz CT molecular complexity index is 521. The Morgan fingerprint density at radius 2 is 1.59 bits per heavy atom. The number of carbonyl (C=O) groups is 4. The van der Waals surface area contributed by atoms with Crippen LogP contribution in [0.1, 0.15) is 26.2 Å². The van der Waals surface area contributed by atoms with Gasteiger partial charge in [0, 0.05) is 5.75 Å². The Morgan fingerprint density at radius 3 is 2.07 bits per heavy atom. The molecule has 0 saturated carbocycles. The summed E-state index contributed by atoms with van der Waals surface area (Å²) in [5, 5.41) is 24.8. The van der Waals surface area contributed by atoms with Crippen molar-refractivity contribution < 1.29 is 29.4 Å². The van der Waals surface area contributed by atoms with Crippen molar-refractivity contribution in [2.24, 2.45) is 11.5 Å². The van der Waals surface area contributed by atoms with Gasteiger partial charge in [0.05, 0.1) is 12.6 Å². The van der Waals surface area contributed by atoms with Crippen molar-refractivity contribution in [1.29, 1.82) is 0 Å². The number of hydrogen-bond acceptors (Lipinski definition) is 8. The van der Waals surface area contributed by atoms with Crippen LogP contribution in [0.25, 0.3) is 0 Å². The van der Waals surface area contributed by atoms with Crippen molar-refractivity contribution in [3.8, 4) is 0 Å². The number of nitrogens with one attached hydrogen (secondary N) is 3. The second-order valence-electron chi connectivity index (χ2n) is 5.95. The van der Waals surface area contributed by atoms with E-state index in [1.165, 1.54) is 6.92 Å². The average molecular weight is 407 g/mol. The first-order valence-electron chi connectivity index (χ1n) is 8.49. The number of amides is 3. The van der Waals surface area contributed by atoms with Crippen LogP contribution in [0, 0.1) is 0 Å². The van der Waals surface area contributed by atoms with Crippen LogP contribution in [0.15, 0.2) is 0 Å². The lowest BCUT2D eigenvalue weighted by Gasteiger charge is -2.23. The van der Waals surface area contributed by atoms with Gasteiger partial charge in [-0.05, 0) is 32.7 Å². The van der Waals surface area contributed by atoms with Crippen LogP contribution in [0.5, 0.6) is 0 Å². The fourth-order valence-electron chi connectivity index (χ4n) is 1.99. The van der Waals surface area contributed by atoms with Gasteiger partial charge in [-0.2, -0.15) is 12.6 Å². The highest BCUT2D eigenvalue weighted by molar-refractivity contribution is 7.80. The van der Waals surface area contributed by atoms with Gasteiger partial charge in [-0.25, -0.2) is 4.79 Å². The molecule has 27 heavy (non-hydrogen) atoms. The molecule has 0 aromatic carbocycles. The lowest BCUT2D eigenvalue weighted by atomic mass is 10.1. The molecule has 0 bridgehead atoms. The maximum absolute atomic E-state index is 12.4. The van der Waals surface area contributed by atoms with Crippen molar-refractivity contribution in [1.82, 2.24) is 16.0 Å². The molecular formula is C15H29N5O6S. The quantitative estimate of drug-likeness (QED) is 0.116. The summed E-state index contributed by atoms with van der Waals surface area (Å²) in [5.74, 6) is -3.27. The molecule has 0 aromatic heterocycles. The Morgan fingerprint density at radius 1 is 1.00 bits per heavy atom. The minimum Gasteiger partial charge on any atom is -0.480 e. The third-order valence-corrected chi connectivity index (χ3v) is 4.06. The molecule has 0 heterocycles. The maximum atomic E-state index is 12.4. The van der Waals surface area contributed by atoms with E-state index >= 15 is 0 Å². The number of nitrogens with two attached hydrogens (primary N) is 2. The summed E-state index contributed by atoms with van der Waals surface area (Å²) in [6, 6.07) is -4.39. The molecule has 3 amide bonds. The van der Waals surface area contributed by atoms with Gasteiger partial charge in [0.1, 0.15) is 18.1 Å². The summed E-state index contributed by atoms with van der Waals surface area (Å²) in [6.45, 7) is 0.984. The molecule has 0 aliphatic carbocycles. The first kappa shape index (κ1) is 25.1. The van der Waals surface area contributed by atoms with Gasteiger partial charge >= 0.3 is 5.97 Å². The van der Waals surface area contributed by atoms with Crippen molar-refractivity contribution in [2.75, 3.05) is 18.9 Å². The van der Waals surface area contributed by atoms with Crippen LogP contribution < -0.4 is 27.4 Å². The van der Waals surface area contributed by atoms with E-state index in [0.717, 1.165) is 0 Å². The molecule has 0 aliphatic rings. The van der Waals surface area contributed by atoms with Crippen molar-refractivity contribution in [2.45, 2.75) is 50.4 Å². The number of thiol groups is 1. The minimum atomic E-state index is -1.48. The zero-order valence-electron chi connectivity index (χ0n) is 15.2. The number of aliphatic hydroxyl groups is 1. The maximum Gasteiger partial charge on any atom is 0.328 e. The lowest BCUT2D eigenvalue weighted by Crippen LogP contribution is -2.56. The molecule has 9 N–H and O–H groups in total. The van der Waals surface area contributed by atoms with Gasteiger partial charge in [0.2, 0.25) is 17.7 Å². The Balaban J connectivity index is 4.90. The predicted octanol–water partition coefficient (Wildman–Crippen LogP) is -3.08. The molecule has 12 heteroatoms. The third kappa shape index (κ3) is 9.56. The SMILES string of the molecule is CC(NC(=O)C(CCCCN)NC(=O)C(N)CS)C(=O)NC(CO)C(=O)O. The van der Waals surface area contributed by atoms with E-state index in [2.05, 4.69) is 28.6 Å². The molecule has 4 unspecified atom stereocenters. The molecule has 0 aliphatic heterocycles. The van der Waals surface area contributed by atoms with E-state index in [-0.39, 0.29) is 12.2 Å². The highest BCUT2D eigenvalue weighted by atomic mass is 32.1. The monoisotopic (exact) mass is 407 g/mol. The van der Waals surface area contributed by atoms with Crippen molar-refractivity contribution in [3.63, 3.8) is 0 Å². The van der Waals surface area contributed by atoms with Crippen molar-refractivity contribution in [3.05, 3.63) is 0 Å². The van der Waals surface area contributed by atoms with Crippen molar-refractivity contribution >= 4 is 36.3 Å². The fourth-order valence-corrected chi connectivity index (χ4v) is 2.15. The zero-order valence-corrected chi connectivity index (χ0v) is 16.1. The number of carbonyl (C=O) groups excluding carboxylic acids is 3. The standard InChI is InChI=1S/C15H29N5O6S/c1-8(12(22)20-11(6-21)15(25)26)18-14(24)10(4-2-3-5-16)19-13(23)9(17)7-27/h8-11,21,27H,2-7,16-17H2,1H3,(H,18,24)(H,19,23)(H,20,22)(H,25,26). The van der Waals surface area contributed by atoms with Gasteiger partial charge in [0.25, 0.3) is 0 Å². The van der Waals surface area contributed by atoms with Gasteiger partial charge in [-0.15, -0.1) is 0 Å². The number of carboxylic acid groups (broad SMARTS) is 1. The fraction of sp³-hybridized carbons (Fsp3) is 0.733. The number of rotatable bonds is 13. The molecule has 0 spiro atoms. The number of carboxylic acids is 1. The smallest absolute Gasteiger partial charge is 0.328 e. The zero-order chi connectivity index (χ0) is 21.0. The van der Waals surface area contributed by atoms with E-state index in [9.17, 15) is 19.2 Å². The van der Waals surface area contributed by atoms with Crippen LogP contribution >= 0.6 is 12.6 Å². The van der Waals surface area contributed by atoms with E-state index < -0.39 is 54.5 Å². The number of unbranched alkanes of at least 4 members (excludes halogenated alkanes) is 1. The summed E-state index contributed by atoms with van der Waals surface area (Å²) in [7, 11) is 0. The van der Waals surface area contributed by atoms with E-state index in [1.54, 1.807) is 0 Å². The molecular weight excluding hydrogens is 378 g/mol. The average Bonchev–Trinajstić information content (AvgIpc) is 2.63. The summed E-state index contributed by atoms with van der Waals surface area (Å²) in [4.78, 5) is 47.2. The second kappa shape index (κ2) is 13.3. The normalized spacial score (nSPS) is 15.1. The molecule has 0 rings (SSSR count). The number of aliphatic hydroxyl groups excluding tert-OH is 1. The third-order valence-electron chi connectivity index (χ3n) is 3.66. The van der Waals surface area contributed by atoms with Gasteiger partial charge in [-0.3, -0.25) is 14.4 Å². The highest BCUT2D eigenvalue weighted by Crippen LogP contribution is 2.03. The minimum absolute atomic E-state index is 0.0967. The van der Waals surface area contributed by atoms with Crippen LogP contribution in [-0.4, -0.2) is 77.0 Å². The summed E-state index contributed by atoms with van der Waals surface area (Å²) >= 11 is 3.93. The largest absolute Gasteiger partial charge is 0.480 e. The molecule has 0 radical (unpaired) electrons. The van der Waals surface area contributed by atoms with Gasteiger partial charge < -0.3 is 37.6 Å². The van der Waals surface area contributed by atoms with E-state index in [1.807, 2.05) is 0 Å². The summed E-state index contributed by atoms with van der Waals surface area (Å²) in [6.07, 6.45) is 1.50. The summed E-state index contributed by atoms with van der Waals surface area (Å²) < 4.78 is 0. The molecule has 156 valence electrons. The van der Waals surface area contributed by atoms with Crippen LogP contribution in [0.2, 0.25) is 0 Å². The summed E-state index contributed by atoms with van der Waals surface area (Å²) in [5.41, 5.74) is 11.0. The van der Waals surface area contributed by atoms with Gasteiger partial charge in [0.15, 0.2) is 0 Å². The Kier molecular flexibility index (Phi) is 12.4. The molecule has 0 fully saturated rings. The molecule has 4 atom stereocenters. The van der Waals surface area contributed by atoms with Crippen LogP contribution in [-0.2, 0) is 19.2 Å². The Labute approximate surface area is 163 Å². The number of aliphatic carboxylic acids is 1. The second-order valence-corrected chi connectivity index (χ2v) is 6.31. The van der Waals surface area contributed by atoms with E-state index in [0.29, 0.717) is 19.4 Å². The Hall–Kier alpha value is -1.89. The lowest BCUT2D eigenvalue weighted by molar-refractivity contribution is -0.143. The highest BCUT2D eigenvalue weighted by Gasteiger charge is 2.27. The number of hydrogen-bond donors (Lipinski definition) is 8. The molecule has 0 saturated heterocycles. The predicted molar refractivity (Wildman–Crippen MR) is 101 cm³/mol. The van der Waals surface area contributed by atoms with E-state index in [4.69, 9.17) is 21.7 Å². The van der Waals surface area contributed by atoms with Gasteiger partial charge in [-0.1, -0.05) is 0 Å². The topological polar surface area (TPSA) is 197 Å². The first-order chi connectivity index (χ1) is 12.7. The molecule has 0 aromatic rings. The first-order valence-corrected chi connectivity index (χ1v) is 9.12. The van der Waals surface area contributed by atoms with Crippen LogP contribution in [0.4, 0.5) is 0 Å². The molecule has 11 nitrogen and oxygen atoms in total.